The molecular weight excluding hydrogens is 277 g/mol. The van der Waals surface area contributed by atoms with Gasteiger partial charge < -0.3 is 9.84 Å². The van der Waals surface area contributed by atoms with Crippen LogP contribution in [0.15, 0.2) is 6.20 Å². The van der Waals surface area contributed by atoms with Crippen LogP contribution < -0.4 is 0 Å². The Labute approximate surface area is 112 Å². The molecule has 1 aromatic rings. The van der Waals surface area contributed by atoms with Gasteiger partial charge in [-0.15, -0.1) is 0 Å². The van der Waals surface area contributed by atoms with Crippen LogP contribution in [0, 0.1) is 5.41 Å². The van der Waals surface area contributed by atoms with Crippen LogP contribution in [0.25, 0.3) is 0 Å². The molecular formula is C12H13F3N2O3. The van der Waals surface area contributed by atoms with Crippen LogP contribution in [-0.4, -0.2) is 33.1 Å². The van der Waals surface area contributed by atoms with Gasteiger partial charge in [0, 0.05) is 12.0 Å². The third kappa shape index (κ3) is 1.90. The number of halogens is 3. The second-order valence-corrected chi connectivity index (χ2v) is 5.96. The van der Waals surface area contributed by atoms with Crippen LogP contribution in [-0.2, 0) is 17.5 Å². The largest absolute Gasteiger partial charge is 0.477 e. The quantitative estimate of drug-likeness (QED) is 0.926. The van der Waals surface area contributed by atoms with E-state index in [4.69, 9.17) is 9.84 Å². The molecule has 1 saturated carbocycles. The molecule has 8 heteroatoms. The standard InChI is InChI=1S/C12H13F3N2O3/c1-10-3-11(4-10,6-20-10)5-17-8(9(18)19)7(2-16-17)12(13,14)15/h2H,3-6H2,1H3,(H,18,19). The summed E-state index contributed by atoms with van der Waals surface area (Å²) in [5, 5.41) is 12.6. The van der Waals surface area contributed by atoms with Gasteiger partial charge in [-0.05, 0) is 19.8 Å². The van der Waals surface area contributed by atoms with Crippen molar-refractivity contribution in [1.82, 2.24) is 9.78 Å². The minimum Gasteiger partial charge on any atom is -0.477 e. The Morgan fingerprint density at radius 2 is 2.20 bits per heavy atom. The summed E-state index contributed by atoms with van der Waals surface area (Å²) in [7, 11) is 0. The van der Waals surface area contributed by atoms with Gasteiger partial charge in [0.1, 0.15) is 5.56 Å². The van der Waals surface area contributed by atoms with E-state index in [1.54, 1.807) is 0 Å². The van der Waals surface area contributed by atoms with Crippen molar-refractivity contribution < 1.29 is 27.8 Å². The van der Waals surface area contributed by atoms with E-state index in [1.165, 1.54) is 0 Å². The molecule has 1 N–H and O–H groups in total. The van der Waals surface area contributed by atoms with E-state index in [0.29, 0.717) is 12.8 Å². The van der Waals surface area contributed by atoms with Gasteiger partial charge >= 0.3 is 12.1 Å². The second kappa shape index (κ2) is 3.75. The Bertz CT molecular complexity index is 573. The predicted molar refractivity (Wildman–Crippen MR) is 60.2 cm³/mol. The van der Waals surface area contributed by atoms with Gasteiger partial charge in [0.25, 0.3) is 0 Å². The third-order valence-corrected chi connectivity index (χ3v) is 4.06. The number of fused-ring (bicyclic) bond motifs is 1. The number of carboxylic acid groups (broad SMARTS) is 1. The number of hydrogen-bond donors (Lipinski definition) is 1. The molecule has 2 aliphatic heterocycles. The van der Waals surface area contributed by atoms with Gasteiger partial charge in [0.15, 0.2) is 5.69 Å². The van der Waals surface area contributed by atoms with Gasteiger partial charge in [0.2, 0.25) is 0 Å². The lowest BCUT2D eigenvalue weighted by molar-refractivity contribution is -0.138. The molecule has 3 heterocycles. The van der Waals surface area contributed by atoms with Gasteiger partial charge in [-0.1, -0.05) is 0 Å². The Kier molecular flexibility index (Phi) is 2.51. The molecule has 20 heavy (non-hydrogen) atoms. The Balaban J connectivity index is 1.91. The van der Waals surface area contributed by atoms with Crippen LogP contribution in [0.5, 0.6) is 0 Å². The average Bonchev–Trinajstić information content (AvgIpc) is 2.87. The average molecular weight is 290 g/mol. The van der Waals surface area contributed by atoms with Crippen LogP contribution >= 0.6 is 0 Å². The zero-order chi connectivity index (χ0) is 14.8. The molecule has 0 aromatic carbocycles. The molecule has 3 fully saturated rings. The van der Waals surface area contributed by atoms with Crippen molar-refractivity contribution >= 4 is 5.97 Å². The first-order valence-electron chi connectivity index (χ1n) is 6.15. The van der Waals surface area contributed by atoms with Crippen molar-refractivity contribution in [3.63, 3.8) is 0 Å². The maximum atomic E-state index is 12.8. The van der Waals surface area contributed by atoms with Crippen molar-refractivity contribution in [2.24, 2.45) is 5.41 Å². The lowest BCUT2D eigenvalue weighted by Crippen LogP contribution is -2.44. The predicted octanol–water partition coefficient (Wildman–Crippen LogP) is 2.17. The fourth-order valence-electron chi connectivity index (χ4n) is 3.48. The fourth-order valence-corrected chi connectivity index (χ4v) is 3.48. The second-order valence-electron chi connectivity index (χ2n) is 5.96. The highest BCUT2D eigenvalue weighted by molar-refractivity contribution is 5.87. The molecule has 1 aromatic heterocycles. The molecule has 0 amide bonds. The van der Waals surface area contributed by atoms with Crippen molar-refractivity contribution in [2.75, 3.05) is 6.61 Å². The lowest BCUT2D eigenvalue weighted by Gasteiger charge is -2.42. The number of aromatic nitrogens is 2. The third-order valence-electron chi connectivity index (χ3n) is 4.06. The molecule has 4 rings (SSSR count). The smallest absolute Gasteiger partial charge is 0.420 e. The molecule has 5 nitrogen and oxygen atoms in total. The first-order valence-corrected chi connectivity index (χ1v) is 6.15. The molecule has 110 valence electrons. The number of ether oxygens (including phenoxy) is 1. The van der Waals surface area contributed by atoms with Gasteiger partial charge in [-0.2, -0.15) is 18.3 Å². The number of nitrogens with zero attached hydrogens (tertiary/aromatic N) is 2. The van der Waals surface area contributed by atoms with Crippen molar-refractivity contribution in [1.29, 1.82) is 0 Å². The van der Waals surface area contributed by atoms with Gasteiger partial charge in [0.05, 0.1) is 18.4 Å². The summed E-state index contributed by atoms with van der Waals surface area (Å²) < 4.78 is 44.8. The first kappa shape index (κ1) is 13.4. The summed E-state index contributed by atoms with van der Waals surface area (Å²) in [6.45, 7) is 2.52. The maximum absolute atomic E-state index is 12.8. The highest BCUT2D eigenvalue weighted by Gasteiger charge is 2.60. The van der Waals surface area contributed by atoms with Crippen LogP contribution in [0.2, 0.25) is 0 Å². The number of carbonyl (C=O) groups is 1. The maximum Gasteiger partial charge on any atom is 0.420 e. The molecule has 2 saturated heterocycles. The molecule has 0 radical (unpaired) electrons. The summed E-state index contributed by atoms with van der Waals surface area (Å²) in [5.74, 6) is -1.62. The number of hydrogen-bond acceptors (Lipinski definition) is 3. The summed E-state index contributed by atoms with van der Waals surface area (Å²) >= 11 is 0. The minimum absolute atomic E-state index is 0.139. The van der Waals surface area contributed by atoms with Crippen molar-refractivity contribution in [2.45, 2.75) is 38.1 Å². The van der Waals surface area contributed by atoms with Gasteiger partial charge in [-0.25, -0.2) is 4.79 Å². The summed E-state index contributed by atoms with van der Waals surface area (Å²) in [6, 6.07) is 0. The number of carboxylic acids is 1. The van der Waals surface area contributed by atoms with E-state index < -0.39 is 23.4 Å². The van der Waals surface area contributed by atoms with Crippen molar-refractivity contribution in [3.05, 3.63) is 17.5 Å². The summed E-state index contributed by atoms with van der Waals surface area (Å²) in [5.41, 5.74) is -2.49. The first-order chi connectivity index (χ1) is 9.14. The zero-order valence-corrected chi connectivity index (χ0v) is 10.7. The Morgan fingerprint density at radius 3 is 2.65 bits per heavy atom. The highest BCUT2D eigenvalue weighted by Crippen LogP contribution is 2.58. The highest BCUT2D eigenvalue weighted by atomic mass is 19.4. The normalized spacial score (nSPS) is 32.2. The Morgan fingerprint density at radius 1 is 1.55 bits per heavy atom. The minimum atomic E-state index is -4.72. The molecule has 0 atom stereocenters. The zero-order valence-electron chi connectivity index (χ0n) is 10.7. The van der Waals surface area contributed by atoms with E-state index in [1.807, 2.05) is 6.92 Å². The van der Waals surface area contributed by atoms with E-state index in [2.05, 4.69) is 5.10 Å². The molecule has 2 bridgehead atoms. The van der Waals surface area contributed by atoms with Crippen LogP contribution in [0.4, 0.5) is 13.2 Å². The fraction of sp³-hybridized carbons (Fsp3) is 0.667. The topological polar surface area (TPSA) is 64.4 Å². The van der Waals surface area contributed by atoms with E-state index >= 15 is 0 Å². The van der Waals surface area contributed by atoms with Gasteiger partial charge in [-0.3, -0.25) is 4.68 Å². The number of alkyl halides is 3. The summed E-state index contributed by atoms with van der Waals surface area (Å²) in [6.07, 6.45) is -2.70. The number of rotatable bonds is 3. The number of aromatic carboxylic acids is 1. The van der Waals surface area contributed by atoms with E-state index in [9.17, 15) is 18.0 Å². The van der Waals surface area contributed by atoms with E-state index in [-0.39, 0.29) is 17.6 Å². The van der Waals surface area contributed by atoms with Crippen LogP contribution in [0.1, 0.15) is 35.8 Å². The lowest BCUT2D eigenvalue weighted by atomic mass is 9.63. The Hall–Kier alpha value is -1.57. The van der Waals surface area contributed by atoms with E-state index in [0.717, 1.165) is 17.5 Å². The van der Waals surface area contributed by atoms with Crippen molar-refractivity contribution in [3.8, 4) is 0 Å². The molecule has 0 unspecified atom stereocenters. The molecule has 3 aliphatic rings. The van der Waals surface area contributed by atoms with Crippen LogP contribution in [0.3, 0.4) is 0 Å². The molecule has 0 spiro atoms. The molecule has 1 aliphatic carbocycles. The monoisotopic (exact) mass is 290 g/mol. The summed E-state index contributed by atoms with van der Waals surface area (Å²) in [4.78, 5) is 11.1. The SMILES string of the molecule is CC12CC(Cn3ncc(C(F)(F)F)c3C(=O)O)(CO1)C2.